The van der Waals surface area contributed by atoms with Gasteiger partial charge in [-0.3, -0.25) is 4.79 Å². The minimum Gasteiger partial charge on any atom is -0.497 e. The highest BCUT2D eigenvalue weighted by Gasteiger charge is 2.16. The Labute approximate surface area is 113 Å². The summed E-state index contributed by atoms with van der Waals surface area (Å²) in [6.07, 6.45) is 0. The molecule has 1 aromatic rings. The van der Waals surface area contributed by atoms with Gasteiger partial charge in [-0.15, -0.1) is 0 Å². The van der Waals surface area contributed by atoms with Crippen LogP contribution in [0.1, 0.15) is 19.4 Å². The molecule has 0 radical (unpaired) electrons. The molecule has 5 nitrogen and oxygen atoms in total. The lowest BCUT2D eigenvalue weighted by Gasteiger charge is -2.26. The van der Waals surface area contributed by atoms with Crippen LogP contribution in [-0.4, -0.2) is 26.1 Å². The van der Waals surface area contributed by atoms with E-state index in [0.717, 1.165) is 0 Å². The largest absolute Gasteiger partial charge is 0.497 e. The summed E-state index contributed by atoms with van der Waals surface area (Å²) in [4.78, 5) is 13.0. The molecule has 0 atom stereocenters. The Bertz CT molecular complexity index is 492. The normalized spacial score (nSPS) is 10.1. The third kappa shape index (κ3) is 4.18. The fourth-order valence-electron chi connectivity index (χ4n) is 1.87. The van der Waals surface area contributed by atoms with Crippen molar-refractivity contribution in [2.45, 2.75) is 13.8 Å². The van der Waals surface area contributed by atoms with Crippen molar-refractivity contribution in [2.75, 3.05) is 25.1 Å². The number of ether oxygens (including phenoxy) is 1. The van der Waals surface area contributed by atoms with E-state index < -0.39 is 5.91 Å². The fourth-order valence-corrected chi connectivity index (χ4v) is 1.87. The van der Waals surface area contributed by atoms with Crippen LogP contribution in [0.5, 0.6) is 5.75 Å². The maximum absolute atomic E-state index is 11.2. The molecule has 0 aliphatic heterocycles. The highest BCUT2D eigenvalue weighted by atomic mass is 16.5. The van der Waals surface area contributed by atoms with Crippen LogP contribution in [0.25, 0.3) is 0 Å². The molecule has 0 unspecified atom stereocenters. The summed E-state index contributed by atoms with van der Waals surface area (Å²) in [5.74, 6) is 0.566. The van der Waals surface area contributed by atoms with Gasteiger partial charge in [0.2, 0.25) is 5.91 Å². The molecule has 1 amide bonds. The van der Waals surface area contributed by atoms with E-state index in [9.17, 15) is 4.79 Å². The van der Waals surface area contributed by atoms with Gasteiger partial charge in [-0.05, 0) is 18.1 Å². The van der Waals surface area contributed by atoms with Crippen LogP contribution in [0.4, 0.5) is 5.69 Å². The summed E-state index contributed by atoms with van der Waals surface area (Å²) in [5, 5.41) is 9.17. The van der Waals surface area contributed by atoms with Gasteiger partial charge >= 0.3 is 0 Å². The molecule has 0 aliphatic carbocycles. The summed E-state index contributed by atoms with van der Waals surface area (Å²) in [6.45, 7) is 4.81. The fraction of sp³-hybridized carbons (Fsp3) is 0.429. The highest BCUT2D eigenvalue weighted by Crippen LogP contribution is 2.26. The lowest BCUT2D eigenvalue weighted by Crippen LogP contribution is -2.36. The first-order valence-corrected chi connectivity index (χ1v) is 6.09. The van der Waals surface area contributed by atoms with Crippen molar-refractivity contribution in [3.05, 3.63) is 23.8 Å². The average molecular weight is 261 g/mol. The SMILES string of the molecule is COc1ccc(C#N)c(N(CC(N)=O)CC(C)C)c1. The van der Waals surface area contributed by atoms with Gasteiger partial charge in [0.1, 0.15) is 11.8 Å². The number of nitriles is 1. The Morgan fingerprint density at radius 3 is 2.68 bits per heavy atom. The van der Waals surface area contributed by atoms with Gasteiger partial charge in [0, 0.05) is 12.6 Å². The van der Waals surface area contributed by atoms with E-state index in [1.165, 1.54) is 0 Å². The van der Waals surface area contributed by atoms with Gasteiger partial charge in [0.05, 0.1) is 24.9 Å². The summed E-state index contributed by atoms with van der Waals surface area (Å²) in [5.41, 5.74) is 6.45. The van der Waals surface area contributed by atoms with Crippen molar-refractivity contribution in [3.63, 3.8) is 0 Å². The lowest BCUT2D eigenvalue weighted by atomic mass is 10.1. The molecule has 0 saturated heterocycles. The molecule has 102 valence electrons. The Morgan fingerprint density at radius 1 is 1.53 bits per heavy atom. The number of nitrogens with zero attached hydrogens (tertiary/aromatic N) is 2. The van der Waals surface area contributed by atoms with Crippen molar-refractivity contribution in [1.29, 1.82) is 5.26 Å². The smallest absolute Gasteiger partial charge is 0.236 e. The number of methoxy groups -OCH3 is 1. The standard InChI is InChI=1S/C14H19N3O2/c1-10(2)8-17(9-14(16)18)13-6-12(19-3)5-4-11(13)7-15/h4-6,10H,8-9H2,1-3H3,(H2,16,18). The number of carbonyl (C=O) groups is 1. The number of rotatable bonds is 6. The summed E-state index contributed by atoms with van der Waals surface area (Å²) in [7, 11) is 1.56. The minimum absolute atomic E-state index is 0.0834. The number of hydrogen-bond acceptors (Lipinski definition) is 4. The van der Waals surface area contributed by atoms with Gasteiger partial charge in [-0.1, -0.05) is 13.8 Å². The number of nitrogens with two attached hydrogens (primary N) is 1. The van der Waals surface area contributed by atoms with Crippen molar-refractivity contribution in [2.24, 2.45) is 11.7 Å². The summed E-state index contributed by atoms with van der Waals surface area (Å²) in [6, 6.07) is 7.28. The molecule has 0 spiro atoms. The predicted octanol–water partition coefficient (Wildman–Crippen LogP) is 1.51. The van der Waals surface area contributed by atoms with Crippen LogP contribution in [0, 0.1) is 17.2 Å². The molecular weight excluding hydrogens is 242 g/mol. The van der Waals surface area contributed by atoms with Gasteiger partial charge in [0.15, 0.2) is 0 Å². The van der Waals surface area contributed by atoms with Crippen molar-refractivity contribution < 1.29 is 9.53 Å². The molecule has 0 saturated carbocycles. The third-order valence-corrected chi connectivity index (χ3v) is 2.60. The Hall–Kier alpha value is -2.22. The van der Waals surface area contributed by atoms with Gasteiger partial charge in [-0.2, -0.15) is 5.26 Å². The second kappa shape index (κ2) is 6.64. The zero-order chi connectivity index (χ0) is 14.4. The first-order valence-electron chi connectivity index (χ1n) is 6.09. The van der Waals surface area contributed by atoms with E-state index in [0.29, 0.717) is 29.5 Å². The van der Waals surface area contributed by atoms with Crippen LogP contribution >= 0.6 is 0 Å². The third-order valence-electron chi connectivity index (χ3n) is 2.60. The molecule has 1 aromatic carbocycles. The molecule has 0 aromatic heterocycles. The second-order valence-electron chi connectivity index (χ2n) is 4.74. The van der Waals surface area contributed by atoms with E-state index in [2.05, 4.69) is 6.07 Å². The van der Waals surface area contributed by atoms with Gasteiger partial charge in [0.25, 0.3) is 0 Å². The topological polar surface area (TPSA) is 79.3 Å². The van der Waals surface area contributed by atoms with E-state index in [-0.39, 0.29) is 6.54 Å². The molecule has 0 fully saturated rings. The zero-order valence-electron chi connectivity index (χ0n) is 11.5. The number of hydrogen-bond donors (Lipinski definition) is 1. The first kappa shape index (κ1) is 14.8. The number of amides is 1. The van der Waals surface area contributed by atoms with Crippen LogP contribution < -0.4 is 15.4 Å². The molecule has 0 aliphatic rings. The van der Waals surface area contributed by atoms with Crippen LogP contribution in [-0.2, 0) is 4.79 Å². The van der Waals surface area contributed by atoms with E-state index in [1.54, 1.807) is 25.3 Å². The molecular formula is C14H19N3O2. The molecule has 1 rings (SSSR count). The Morgan fingerprint density at radius 2 is 2.21 bits per heavy atom. The zero-order valence-corrected chi connectivity index (χ0v) is 11.5. The number of primary amides is 1. The van der Waals surface area contributed by atoms with Crippen molar-refractivity contribution in [3.8, 4) is 11.8 Å². The van der Waals surface area contributed by atoms with Crippen LogP contribution in [0.3, 0.4) is 0 Å². The van der Waals surface area contributed by atoms with Crippen molar-refractivity contribution in [1.82, 2.24) is 0 Å². The van der Waals surface area contributed by atoms with Gasteiger partial charge in [-0.25, -0.2) is 0 Å². The van der Waals surface area contributed by atoms with Gasteiger partial charge < -0.3 is 15.4 Å². The lowest BCUT2D eigenvalue weighted by molar-refractivity contribution is -0.116. The number of carbonyl (C=O) groups excluding carboxylic acids is 1. The van der Waals surface area contributed by atoms with E-state index >= 15 is 0 Å². The Kier molecular flexibility index (Phi) is 5.19. The molecule has 0 bridgehead atoms. The number of anilines is 1. The average Bonchev–Trinajstić information content (AvgIpc) is 2.36. The number of benzene rings is 1. The molecule has 0 heterocycles. The first-order chi connectivity index (χ1) is 8.97. The maximum Gasteiger partial charge on any atom is 0.236 e. The highest BCUT2D eigenvalue weighted by molar-refractivity contribution is 5.80. The minimum atomic E-state index is -0.424. The maximum atomic E-state index is 11.2. The monoisotopic (exact) mass is 261 g/mol. The molecule has 19 heavy (non-hydrogen) atoms. The molecule has 2 N–H and O–H groups in total. The predicted molar refractivity (Wildman–Crippen MR) is 74.0 cm³/mol. The molecule has 5 heteroatoms. The van der Waals surface area contributed by atoms with Crippen molar-refractivity contribution >= 4 is 11.6 Å². The quantitative estimate of drug-likeness (QED) is 0.842. The van der Waals surface area contributed by atoms with Crippen LogP contribution in [0.2, 0.25) is 0 Å². The van der Waals surface area contributed by atoms with Crippen LogP contribution in [0.15, 0.2) is 18.2 Å². The summed E-state index contributed by atoms with van der Waals surface area (Å²) < 4.78 is 5.16. The van der Waals surface area contributed by atoms with E-state index in [4.69, 9.17) is 15.7 Å². The Balaban J connectivity index is 3.18. The van der Waals surface area contributed by atoms with E-state index in [1.807, 2.05) is 18.7 Å². The second-order valence-corrected chi connectivity index (χ2v) is 4.74. The summed E-state index contributed by atoms with van der Waals surface area (Å²) >= 11 is 0.